The number of hydrogen-bond donors (Lipinski definition) is 3. The Labute approximate surface area is 138 Å². The number of aromatic amines is 1. The Morgan fingerprint density at radius 2 is 2.08 bits per heavy atom. The van der Waals surface area contributed by atoms with Crippen molar-refractivity contribution in [3.05, 3.63) is 54.2 Å². The topological polar surface area (TPSA) is 100 Å². The van der Waals surface area contributed by atoms with Gasteiger partial charge in [0.15, 0.2) is 5.76 Å². The summed E-state index contributed by atoms with van der Waals surface area (Å²) in [7, 11) is 0. The summed E-state index contributed by atoms with van der Waals surface area (Å²) in [4.78, 5) is 31.3. The number of rotatable bonds is 6. The summed E-state index contributed by atoms with van der Waals surface area (Å²) < 4.78 is 4.98. The predicted octanol–water partition coefficient (Wildman–Crippen LogP) is 2.15. The van der Waals surface area contributed by atoms with Crippen LogP contribution in [0.15, 0.2) is 47.1 Å². The van der Waals surface area contributed by atoms with Crippen molar-refractivity contribution >= 4 is 22.8 Å². The molecule has 0 aliphatic carbocycles. The fraction of sp³-hybridized carbons (Fsp3) is 0.235. The lowest BCUT2D eigenvalue weighted by atomic mass is 10.3. The average Bonchev–Trinajstić information content (AvgIpc) is 3.24. The molecular formula is C17H18N4O3. The molecule has 124 valence electrons. The summed E-state index contributed by atoms with van der Waals surface area (Å²) >= 11 is 0. The molecule has 0 spiro atoms. The molecule has 1 atom stereocenters. The molecule has 3 rings (SSSR count). The van der Waals surface area contributed by atoms with Crippen molar-refractivity contribution in [3.8, 4) is 0 Å². The number of hydrogen-bond acceptors (Lipinski definition) is 4. The van der Waals surface area contributed by atoms with Gasteiger partial charge in [0, 0.05) is 13.0 Å². The van der Waals surface area contributed by atoms with Crippen LogP contribution in [0.1, 0.15) is 35.8 Å². The molecule has 0 aliphatic heterocycles. The first-order chi connectivity index (χ1) is 11.6. The second kappa shape index (κ2) is 6.99. The number of carbonyl (C=O) groups excluding carboxylic acids is 2. The number of carbonyl (C=O) groups is 2. The van der Waals surface area contributed by atoms with E-state index >= 15 is 0 Å². The second-order valence-corrected chi connectivity index (χ2v) is 5.41. The summed E-state index contributed by atoms with van der Waals surface area (Å²) in [5.74, 6) is 0.427. The number of aromatic nitrogens is 2. The lowest BCUT2D eigenvalue weighted by molar-refractivity contribution is -0.121. The van der Waals surface area contributed by atoms with Crippen LogP contribution >= 0.6 is 0 Å². The van der Waals surface area contributed by atoms with Crippen molar-refractivity contribution in [2.45, 2.75) is 19.4 Å². The van der Waals surface area contributed by atoms with Crippen LogP contribution in [0.3, 0.4) is 0 Å². The summed E-state index contributed by atoms with van der Waals surface area (Å²) in [6.07, 6.45) is 1.60. The quantitative estimate of drug-likeness (QED) is 0.646. The molecule has 2 amide bonds. The van der Waals surface area contributed by atoms with Crippen LogP contribution in [0.2, 0.25) is 0 Å². The summed E-state index contributed by atoms with van der Waals surface area (Å²) in [5.41, 5.74) is 1.79. The first kappa shape index (κ1) is 15.8. The Morgan fingerprint density at radius 1 is 1.25 bits per heavy atom. The summed E-state index contributed by atoms with van der Waals surface area (Å²) in [6.45, 7) is 2.09. The molecule has 0 aliphatic rings. The standard InChI is InChI=1S/C17H18N4O3/c1-11(16-20-12-5-2-3-6-13(12)21-16)19-15(22)8-9-18-17(23)14-7-4-10-24-14/h2-7,10-11H,8-9H2,1H3,(H,18,23)(H,19,22)(H,20,21). The third kappa shape index (κ3) is 3.62. The molecule has 0 saturated heterocycles. The van der Waals surface area contributed by atoms with E-state index in [-0.39, 0.29) is 36.6 Å². The number of fused-ring (bicyclic) bond motifs is 1. The maximum absolute atomic E-state index is 12.0. The lowest BCUT2D eigenvalue weighted by Gasteiger charge is -2.11. The van der Waals surface area contributed by atoms with E-state index in [9.17, 15) is 9.59 Å². The smallest absolute Gasteiger partial charge is 0.286 e. The van der Waals surface area contributed by atoms with Gasteiger partial charge in [0.2, 0.25) is 5.91 Å². The molecular weight excluding hydrogens is 308 g/mol. The maximum Gasteiger partial charge on any atom is 0.286 e. The van der Waals surface area contributed by atoms with Crippen LogP contribution in [0.25, 0.3) is 11.0 Å². The van der Waals surface area contributed by atoms with Crippen LogP contribution in [0.5, 0.6) is 0 Å². The van der Waals surface area contributed by atoms with Crippen LogP contribution in [0, 0.1) is 0 Å². The van der Waals surface area contributed by atoms with Gasteiger partial charge in [0.05, 0.1) is 23.3 Å². The van der Waals surface area contributed by atoms with Gasteiger partial charge in [-0.1, -0.05) is 12.1 Å². The third-order valence-corrected chi connectivity index (χ3v) is 3.58. The Balaban J connectivity index is 1.48. The van der Waals surface area contributed by atoms with E-state index in [2.05, 4.69) is 20.6 Å². The molecule has 3 aromatic rings. The van der Waals surface area contributed by atoms with E-state index in [0.717, 1.165) is 11.0 Å². The van der Waals surface area contributed by atoms with Crippen molar-refractivity contribution in [1.82, 2.24) is 20.6 Å². The Kier molecular flexibility index (Phi) is 4.60. The zero-order valence-electron chi connectivity index (χ0n) is 13.2. The van der Waals surface area contributed by atoms with Gasteiger partial charge in [0.25, 0.3) is 5.91 Å². The van der Waals surface area contributed by atoms with Gasteiger partial charge in [-0.25, -0.2) is 4.98 Å². The number of H-pyrrole nitrogens is 1. The van der Waals surface area contributed by atoms with Crippen LogP contribution in [0.4, 0.5) is 0 Å². The van der Waals surface area contributed by atoms with E-state index in [4.69, 9.17) is 4.42 Å². The van der Waals surface area contributed by atoms with Crippen molar-refractivity contribution in [2.24, 2.45) is 0 Å². The fourth-order valence-electron chi connectivity index (χ4n) is 2.34. The molecule has 24 heavy (non-hydrogen) atoms. The van der Waals surface area contributed by atoms with Crippen LogP contribution in [-0.2, 0) is 4.79 Å². The van der Waals surface area contributed by atoms with Gasteiger partial charge in [-0.2, -0.15) is 0 Å². The molecule has 2 aromatic heterocycles. The van der Waals surface area contributed by atoms with E-state index in [1.54, 1.807) is 12.1 Å². The minimum atomic E-state index is -0.335. The molecule has 7 heteroatoms. The van der Waals surface area contributed by atoms with E-state index in [1.165, 1.54) is 6.26 Å². The first-order valence-corrected chi connectivity index (χ1v) is 7.69. The largest absolute Gasteiger partial charge is 0.459 e. The number of furan rings is 1. The first-order valence-electron chi connectivity index (χ1n) is 7.69. The Hall–Kier alpha value is -3.09. The van der Waals surface area contributed by atoms with Crippen molar-refractivity contribution in [2.75, 3.05) is 6.54 Å². The molecule has 0 fully saturated rings. The number of imidazole rings is 1. The number of para-hydroxylation sites is 2. The minimum Gasteiger partial charge on any atom is -0.459 e. The Morgan fingerprint density at radius 3 is 2.83 bits per heavy atom. The highest BCUT2D eigenvalue weighted by atomic mass is 16.3. The zero-order chi connectivity index (χ0) is 16.9. The van der Waals surface area contributed by atoms with Gasteiger partial charge in [-0.05, 0) is 31.2 Å². The highest BCUT2D eigenvalue weighted by Crippen LogP contribution is 2.15. The molecule has 1 unspecified atom stereocenters. The monoisotopic (exact) mass is 326 g/mol. The molecule has 7 nitrogen and oxygen atoms in total. The number of benzene rings is 1. The zero-order valence-corrected chi connectivity index (χ0v) is 13.2. The molecule has 1 aromatic carbocycles. The normalized spacial score (nSPS) is 12.0. The molecule has 2 heterocycles. The van der Waals surface area contributed by atoms with E-state index in [0.29, 0.717) is 5.82 Å². The van der Waals surface area contributed by atoms with Gasteiger partial charge >= 0.3 is 0 Å². The van der Waals surface area contributed by atoms with E-state index in [1.807, 2.05) is 31.2 Å². The highest BCUT2D eigenvalue weighted by molar-refractivity contribution is 5.91. The second-order valence-electron chi connectivity index (χ2n) is 5.41. The Bertz CT molecular complexity index is 806. The van der Waals surface area contributed by atoms with Crippen molar-refractivity contribution < 1.29 is 14.0 Å². The molecule has 0 bridgehead atoms. The van der Waals surface area contributed by atoms with Gasteiger partial charge in [-0.3, -0.25) is 9.59 Å². The summed E-state index contributed by atoms with van der Waals surface area (Å²) in [6, 6.07) is 10.6. The van der Waals surface area contributed by atoms with Crippen molar-refractivity contribution in [3.63, 3.8) is 0 Å². The predicted molar refractivity (Wildman–Crippen MR) is 88.3 cm³/mol. The van der Waals surface area contributed by atoms with E-state index < -0.39 is 0 Å². The molecule has 0 radical (unpaired) electrons. The maximum atomic E-state index is 12.0. The number of nitrogens with one attached hydrogen (secondary N) is 3. The summed E-state index contributed by atoms with van der Waals surface area (Å²) in [5, 5.41) is 5.49. The van der Waals surface area contributed by atoms with Crippen LogP contribution < -0.4 is 10.6 Å². The third-order valence-electron chi connectivity index (χ3n) is 3.58. The molecule has 3 N–H and O–H groups in total. The highest BCUT2D eigenvalue weighted by Gasteiger charge is 2.14. The number of nitrogens with zero attached hydrogens (tertiary/aromatic N) is 1. The van der Waals surface area contributed by atoms with Gasteiger partial charge < -0.3 is 20.0 Å². The SMILES string of the molecule is CC(NC(=O)CCNC(=O)c1ccco1)c1nc2ccccc2[nH]1. The lowest BCUT2D eigenvalue weighted by Crippen LogP contribution is -2.32. The fourth-order valence-corrected chi connectivity index (χ4v) is 2.34. The molecule has 0 saturated carbocycles. The minimum absolute atomic E-state index is 0.164. The van der Waals surface area contributed by atoms with Gasteiger partial charge in [-0.15, -0.1) is 0 Å². The van der Waals surface area contributed by atoms with Crippen LogP contribution in [-0.4, -0.2) is 28.3 Å². The van der Waals surface area contributed by atoms with Gasteiger partial charge in [0.1, 0.15) is 5.82 Å². The average molecular weight is 326 g/mol. The van der Waals surface area contributed by atoms with Crippen molar-refractivity contribution in [1.29, 1.82) is 0 Å². The number of amides is 2.